The second kappa shape index (κ2) is 4.42. The van der Waals surface area contributed by atoms with Gasteiger partial charge in [-0.3, -0.25) is 4.79 Å². The number of primary amides is 1. The van der Waals surface area contributed by atoms with Crippen LogP contribution in [-0.4, -0.2) is 31.8 Å². The fourth-order valence-corrected chi connectivity index (χ4v) is 1.20. The van der Waals surface area contributed by atoms with E-state index in [4.69, 9.17) is 15.2 Å². The van der Waals surface area contributed by atoms with Gasteiger partial charge in [0.2, 0.25) is 5.91 Å². The Kier molecular flexibility index (Phi) is 3.49. The van der Waals surface area contributed by atoms with Crippen molar-refractivity contribution in [2.75, 3.05) is 13.7 Å². The van der Waals surface area contributed by atoms with Gasteiger partial charge in [-0.15, -0.1) is 0 Å². The van der Waals surface area contributed by atoms with E-state index in [2.05, 4.69) is 0 Å². The Morgan fingerprint density at radius 1 is 1.75 bits per heavy atom. The summed E-state index contributed by atoms with van der Waals surface area (Å²) in [5.41, 5.74) is 5.09. The van der Waals surface area contributed by atoms with Crippen molar-refractivity contribution in [3.8, 4) is 0 Å². The van der Waals surface area contributed by atoms with Crippen LogP contribution < -0.4 is 5.73 Å². The second-order valence-corrected chi connectivity index (χ2v) is 2.81. The first-order chi connectivity index (χ1) is 5.74. The van der Waals surface area contributed by atoms with Gasteiger partial charge in [-0.25, -0.2) is 0 Å². The van der Waals surface area contributed by atoms with Crippen LogP contribution in [-0.2, 0) is 14.3 Å². The minimum absolute atomic E-state index is 0.161. The molecule has 4 heteroatoms. The maximum absolute atomic E-state index is 10.7. The lowest BCUT2D eigenvalue weighted by atomic mass is 10.1. The van der Waals surface area contributed by atoms with Gasteiger partial charge in [0.05, 0.1) is 12.7 Å². The van der Waals surface area contributed by atoms with Gasteiger partial charge in [-0.05, 0) is 12.8 Å². The molecule has 1 aliphatic heterocycles. The third-order valence-corrected chi connectivity index (χ3v) is 1.96. The molecule has 12 heavy (non-hydrogen) atoms. The van der Waals surface area contributed by atoms with E-state index in [9.17, 15) is 4.79 Å². The molecule has 0 bridgehead atoms. The Bertz CT molecular complexity index is 160. The number of carbonyl (C=O) groups excluding carboxylic acids is 1. The summed E-state index contributed by atoms with van der Waals surface area (Å²) in [5.74, 6) is -0.424. The van der Waals surface area contributed by atoms with Gasteiger partial charge in [-0.2, -0.15) is 0 Å². The van der Waals surface area contributed by atoms with E-state index in [0.717, 1.165) is 12.8 Å². The molecule has 2 atom stereocenters. The molecule has 0 spiro atoms. The molecule has 0 aromatic heterocycles. The smallest absolute Gasteiger partial charge is 0.246 e. The van der Waals surface area contributed by atoms with Crippen LogP contribution in [0.1, 0.15) is 12.8 Å². The molecule has 1 radical (unpaired) electrons. The average Bonchev–Trinajstić information content (AvgIpc) is 2.28. The molecule has 1 fully saturated rings. The molecule has 0 saturated carbocycles. The number of hydrogen-bond donors (Lipinski definition) is 1. The van der Waals surface area contributed by atoms with Crippen molar-refractivity contribution in [3.05, 3.63) is 6.42 Å². The topological polar surface area (TPSA) is 61.5 Å². The van der Waals surface area contributed by atoms with E-state index in [1.807, 2.05) is 0 Å². The van der Waals surface area contributed by atoms with Crippen molar-refractivity contribution < 1.29 is 14.3 Å². The summed E-state index contributed by atoms with van der Waals surface area (Å²) in [6.45, 7) is 0.530. The fourth-order valence-electron chi connectivity index (χ4n) is 1.20. The molecule has 4 nitrogen and oxygen atoms in total. The lowest BCUT2D eigenvalue weighted by Crippen LogP contribution is -2.31. The maximum Gasteiger partial charge on any atom is 0.246 e. The zero-order valence-corrected chi connectivity index (χ0v) is 7.16. The molecule has 0 aliphatic carbocycles. The summed E-state index contributed by atoms with van der Waals surface area (Å²) in [7, 11) is 1.66. The second-order valence-electron chi connectivity index (χ2n) is 2.81. The van der Waals surface area contributed by atoms with Crippen LogP contribution in [0.4, 0.5) is 0 Å². The number of amides is 1. The van der Waals surface area contributed by atoms with E-state index in [0.29, 0.717) is 6.61 Å². The number of ether oxygens (including phenoxy) is 2. The van der Waals surface area contributed by atoms with Crippen LogP contribution in [0.2, 0.25) is 0 Å². The van der Waals surface area contributed by atoms with Gasteiger partial charge in [0.1, 0.15) is 6.10 Å². The monoisotopic (exact) mass is 172 g/mol. The quantitative estimate of drug-likeness (QED) is 0.631. The maximum atomic E-state index is 10.7. The normalized spacial score (nSPS) is 31.1. The molecule has 1 amide bonds. The molecule has 2 N–H and O–H groups in total. The number of rotatable bonds is 2. The summed E-state index contributed by atoms with van der Waals surface area (Å²) in [4.78, 5) is 10.7. The van der Waals surface area contributed by atoms with E-state index >= 15 is 0 Å². The molecule has 1 saturated heterocycles. The molecule has 0 aromatic rings. The van der Waals surface area contributed by atoms with E-state index in [1.54, 1.807) is 13.5 Å². The van der Waals surface area contributed by atoms with E-state index in [-0.39, 0.29) is 6.10 Å². The predicted molar refractivity (Wildman–Crippen MR) is 43.3 cm³/mol. The molecular formula is C8H14NO3. The van der Waals surface area contributed by atoms with Crippen LogP contribution in [0, 0.1) is 6.42 Å². The largest absolute Gasteiger partial charge is 0.381 e. The molecule has 1 aliphatic rings. The molecule has 69 valence electrons. The first-order valence-electron chi connectivity index (χ1n) is 4.01. The SMILES string of the molecule is CO[C@@H]1C[CH][C@@H](C(N)=O)OCC1. The van der Waals surface area contributed by atoms with Crippen molar-refractivity contribution in [1.29, 1.82) is 0 Å². The zero-order chi connectivity index (χ0) is 8.97. The van der Waals surface area contributed by atoms with Gasteiger partial charge in [0.25, 0.3) is 0 Å². The highest BCUT2D eigenvalue weighted by molar-refractivity contribution is 5.80. The average molecular weight is 172 g/mol. The molecular weight excluding hydrogens is 158 g/mol. The van der Waals surface area contributed by atoms with Crippen molar-refractivity contribution in [3.63, 3.8) is 0 Å². The molecule has 0 aromatic carbocycles. The van der Waals surface area contributed by atoms with Gasteiger partial charge in [-0.1, -0.05) is 0 Å². The van der Waals surface area contributed by atoms with Gasteiger partial charge < -0.3 is 15.2 Å². The lowest BCUT2D eigenvalue weighted by molar-refractivity contribution is -0.127. The standard InChI is InChI=1S/C8H14NO3/c1-11-6-2-3-7(8(9)10)12-5-4-6/h3,6-7H,2,4-5H2,1H3,(H2,9,10)/t6-,7+/m1/s1. The minimum atomic E-state index is -0.537. The molecule has 0 unspecified atom stereocenters. The summed E-state index contributed by atoms with van der Waals surface area (Å²) in [6.07, 6.45) is 2.93. The summed E-state index contributed by atoms with van der Waals surface area (Å²) in [6, 6.07) is 0. The summed E-state index contributed by atoms with van der Waals surface area (Å²) >= 11 is 0. The summed E-state index contributed by atoms with van der Waals surface area (Å²) in [5, 5.41) is 0. The first-order valence-corrected chi connectivity index (χ1v) is 4.01. The predicted octanol–water partition coefficient (Wildman–Crippen LogP) is -0.130. The number of methoxy groups -OCH3 is 1. The van der Waals surface area contributed by atoms with Crippen LogP contribution in [0.3, 0.4) is 0 Å². The fraction of sp³-hybridized carbons (Fsp3) is 0.750. The van der Waals surface area contributed by atoms with Crippen LogP contribution >= 0.6 is 0 Å². The van der Waals surface area contributed by atoms with E-state index < -0.39 is 12.0 Å². The van der Waals surface area contributed by atoms with Gasteiger partial charge in [0, 0.05) is 13.5 Å². The van der Waals surface area contributed by atoms with Crippen molar-refractivity contribution in [2.45, 2.75) is 25.0 Å². The van der Waals surface area contributed by atoms with Crippen LogP contribution in [0.15, 0.2) is 0 Å². The Balaban J connectivity index is 2.39. The van der Waals surface area contributed by atoms with Crippen molar-refractivity contribution >= 4 is 5.91 Å². The Morgan fingerprint density at radius 3 is 3.08 bits per heavy atom. The van der Waals surface area contributed by atoms with E-state index in [1.165, 1.54) is 0 Å². The highest BCUT2D eigenvalue weighted by Gasteiger charge is 2.22. The number of hydrogen-bond acceptors (Lipinski definition) is 3. The Morgan fingerprint density at radius 2 is 2.50 bits per heavy atom. The molecule has 1 heterocycles. The lowest BCUT2D eigenvalue weighted by Gasteiger charge is -2.09. The van der Waals surface area contributed by atoms with Crippen LogP contribution in [0.5, 0.6) is 0 Å². The summed E-state index contributed by atoms with van der Waals surface area (Å²) < 4.78 is 10.3. The zero-order valence-electron chi connectivity index (χ0n) is 7.16. The molecule has 1 rings (SSSR count). The van der Waals surface area contributed by atoms with Gasteiger partial charge >= 0.3 is 0 Å². The first kappa shape index (κ1) is 9.48. The minimum Gasteiger partial charge on any atom is -0.381 e. The van der Waals surface area contributed by atoms with Crippen molar-refractivity contribution in [2.24, 2.45) is 5.73 Å². The highest BCUT2D eigenvalue weighted by Crippen LogP contribution is 2.14. The van der Waals surface area contributed by atoms with Gasteiger partial charge in [0.15, 0.2) is 0 Å². The third kappa shape index (κ3) is 2.46. The number of nitrogens with two attached hydrogens (primary N) is 1. The Hall–Kier alpha value is -0.610. The Labute approximate surface area is 72.0 Å². The number of carbonyl (C=O) groups is 1. The van der Waals surface area contributed by atoms with Crippen molar-refractivity contribution in [1.82, 2.24) is 0 Å². The van der Waals surface area contributed by atoms with Crippen LogP contribution in [0.25, 0.3) is 0 Å². The highest BCUT2D eigenvalue weighted by atomic mass is 16.5. The third-order valence-electron chi connectivity index (χ3n) is 1.96.